The molecule has 2 nitrogen and oxygen atoms in total. The fourth-order valence-electron chi connectivity index (χ4n) is 4.78. The molecule has 7 rings (SSSR count). The molecule has 0 atom stereocenters. The summed E-state index contributed by atoms with van der Waals surface area (Å²) < 4.78 is 2.40. The summed E-state index contributed by atoms with van der Waals surface area (Å²) in [6, 6.07) is 28.5. The molecule has 0 fully saturated rings. The van der Waals surface area contributed by atoms with Crippen LogP contribution in [0.4, 0.5) is 0 Å². The molecule has 0 amide bonds. The van der Waals surface area contributed by atoms with E-state index in [-0.39, 0.29) is 0 Å². The zero-order valence-corrected chi connectivity index (χ0v) is 14.5. The molecule has 3 aromatic carbocycles. The molecule has 4 heterocycles. The Morgan fingerprint density at radius 2 is 1.22 bits per heavy atom. The van der Waals surface area contributed by atoms with Gasteiger partial charge in [0.2, 0.25) is 0 Å². The predicted octanol–water partition coefficient (Wildman–Crippen LogP) is 6.54. The van der Waals surface area contributed by atoms with Crippen LogP contribution in [-0.4, -0.2) is 9.38 Å². The number of fused-ring (bicyclic) bond motifs is 7. The minimum absolute atomic E-state index is 1.08. The summed E-state index contributed by atoms with van der Waals surface area (Å²) in [5.41, 5.74) is 4.80. The van der Waals surface area contributed by atoms with Crippen LogP contribution < -0.4 is 0 Å². The Hall–Kier alpha value is -3.65. The molecule has 0 radical (unpaired) electrons. The van der Waals surface area contributed by atoms with E-state index in [1.807, 2.05) is 6.20 Å². The Kier molecular flexibility index (Phi) is 2.28. The number of pyridine rings is 3. The second kappa shape index (κ2) is 4.54. The van der Waals surface area contributed by atoms with Gasteiger partial charge in [0, 0.05) is 27.7 Å². The van der Waals surface area contributed by atoms with Gasteiger partial charge in [0.25, 0.3) is 0 Å². The van der Waals surface area contributed by atoms with Gasteiger partial charge in [-0.25, -0.2) is 0 Å². The molecule has 0 aliphatic rings. The summed E-state index contributed by atoms with van der Waals surface area (Å²) in [5.74, 6) is 0. The van der Waals surface area contributed by atoms with Crippen LogP contribution in [0.15, 0.2) is 85.1 Å². The summed E-state index contributed by atoms with van der Waals surface area (Å²) in [4.78, 5) is 4.83. The Balaban J connectivity index is 1.91. The maximum atomic E-state index is 4.83. The third kappa shape index (κ3) is 1.55. The van der Waals surface area contributed by atoms with E-state index in [1.165, 1.54) is 54.3 Å². The molecule has 0 spiro atoms. The molecule has 2 heteroatoms. The third-order valence-electron chi connectivity index (χ3n) is 5.94. The molecular formula is C25H14N2. The van der Waals surface area contributed by atoms with Crippen LogP contribution in [0.1, 0.15) is 0 Å². The quantitative estimate of drug-likeness (QED) is 0.226. The van der Waals surface area contributed by atoms with Crippen molar-refractivity contribution >= 4 is 59.8 Å². The van der Waals surface area contributed by atoms with Crippen molar-refractivity contribution in [2.45, 2.75) is 0 Å². The molecule has 124 valence electrons. The topological polar surface area (TPSA) is 17.3 Å². The first kappa shape index (κ1) is 13.5. The molecule has 0 aliphatic carbocycles. The molecule has 0 saturated carbocycles. The van der Waals surface area contributed by atoms with Crippen molar-refractivity contribution in [3.63, 3.8) is 0 Å². The molecule has 7 aromatic rings. The molecular weight excluding hydrogens is 328 g/mol. The fourth-order valence-corrected chi connectivity index (χ4v) is 4.78. The average Bonchev–Trinajstić information content (AvgIpc) is 3.18. The highest BCUT2D eigenvalue weighted by Crippen LogP contribution is 2.39. The van der Waals surface area contributed by atoms with Gasteiger partial charge in [-0.1, -0.05) is 48.5 Å². The second-order valence-corrected chi connectivity index (χ2v) is 7.29. The largest absolute Gasteiger partial charge is 0.306 e. The number of hydrogen-bond acceptors (Lipinski definition) is 1. The number of benzene rings is 3. The van der Waals surface area contributed by atoms with Crippen molar-refractivity contribution in [1.82, 2.24) is 9.38 Å². The van der Waals surface area contributed by atoms with Gasteiger partial charge in [-0.15, -0.1) is 0 Å². The number of hydrogen-bond donors (Lipinski definition) is 0. The van der Waals surface area contributed by atoms with E-state index in [0.29, 0.717) is 0 Å². The van der Waals surface area contributed by atoms with Crippen LogP contribution in [0.3, 0.4) is 0 Å². The highest BCUT2D eigenvalue weighted by atomic mass is 14.9. The Bertz CT molecular complexity index is 1670. The summed E-state index contributed by atoms with van der Waals surface area (Å²) in [7, 11) is 0. The second-order valence-electron chi connectivity index (χ2n) is 7.29. The maximum absolute atomic E-state index is 4.83. The summed E-state index contributed by atoms with van der Waals surface area (Å²) in [6.45, 7) is 0. The number of nitrogens with zero attached hydrogens (tertiary/aromatic N) is 2. The number of aromatic nitrogens is 2. The van der Waals surface area contributed by atoms with Crippen LogP contribution >= 0.6 is 0 Å². The van der Waals surface area contributed by atoms with Gasteiger partial charge in [0.15, 0.2) is 0 Å². The molecule has 4 aromatic heterocycles. The van der Waals surface area contributed by atoms with Crippen molar-refractivity contribution in [3.8, 4) is 0 Å². The zero-order valence-electron chi connectivity index (χ0n) is 14.5. The summed E-state index contributed by atoms with van der Waals surface area (Å²) in [6.07, 6.45) is 1.95. The summed E-state index contributed by atoms with van der Waals surface area (Å²) >= 11 is 0. The first-order valence-electron chi connectivity index (χ1n) is 9.24. The van der Waals surface area contributed by atoms with E-state index < -0.39 is 0 Å². The smallest absolute Gasteiger partial charge is 0.0955 e. The Morgan fingerprint density at radius 3 is 2.04 bits per heavy atom. The molecule has 27 heavy (non-hydrogen) atoms. The van der Waals surface area contributed by atoms with Crippen molar-refractivity contribution < 1.29 is 0 Å². The van der Waals surface area contributed by atoms with Crippen molar-refractivity contribution in [2.75, 3.05) is 0 Å². The fraction of sp³-hybridized carbons (Fsp3) is 0. The van der Waals surface area contributed by atoms with E-state index in [0.717, 1.165) is 5.52 Å². The van der Waals surface area contributed by atoms with Crippen LogP contribution in [0.2, 0.25) is 0 Å². The lowest BCUT2D eigenvalue weighted by molar-refractivity contribution is 1.33. The van der Waals surface area contributed by atoms with Gasteiger partial charge in [0.1, 0.15) is 0 Å². The van der Waals surface area contributed by atoms with Gasteiger partial charge in [-0.2, -0.15) is 0 Å². The van der Waals surface area contributed by atoms with Gasteiger partial charge in [-0.05, 0) is 46.5 Å². The first-order chi connectivity index (χ1) is 13.4. The van der Waals surface area contributed by atoms with Gasteiger partial charge in [0.05, 0.1) is 22.1 Å². The van der Waals surface area contributed by atoms with Crippen molar-refractivity contribution in [2.24, 2.45) is 0 Å². The van der Waals surface area contributed by atoms with E-state index in [4.69, 9.17) is 4.98 Å². The third-order valence-corrected chi connectivity index (χ3v) is 5.94. The first-order valence-corrected chi connectivity index (χ1v) is 9.24. The lowest BCUT2D eigenvalue weighted by Crippen LogP contribution is -1.96. The summed E-state index contributed by atoms with van der Waals surface area (Å²) in [5, 5.41) is 8.85. The minimum atomic E-state index is 1.08. The molecule has 0 N–H and O–H groups in total. The van der Waals surface area contributed by atoms with Crippen LogP contribution in [0.25, 0.3) is 59.8 Å². The van der Waals surface area contributed by atoms with Gasteiger partial charge < -0.3 is 4.40 Å². The monoisotopic (exact) mass is 342 g/mol. The van der Waals surface area contributed by atoms with E-state index in [9.17, 15) is 0 Å². The minimum Gasteiger partial charge on any atom is -0.306 e. The molecule has 0 aliphatic heterocycles. The normalized spacial score (nSPS) is 12.4. The van der Waals surface area contributed by atoms with E-state index in [1.54, 1.807) is 0 Å². The highest BCUT2D eigenvalue weighted by molar-refractivity contribution is 6.25. The van der Waals surface area contributed by atoms with E-state index >= 15 is 0 Å². The average molecular weight is 342 g/mol. The number of rotatable bonds is 0. The Labute approximate surface area is 154 Å². The molecule has 0 saturated heterocycles. The highest BCUT2D eigenvalue weighted by Gasteiger charge is 2.17. The lowest BCUT2D eigenvalue weighted by Gasteiger charge is -2.15. The molecule has 0 bridgehead atoms. The van der Waals surface area contributed by atoms with Gasteiger partial charge >= 0.3 is 0 Å². The Morgan fingerprint density at radius 1 is 0.556 bits per heavy atom. The maximum Gasteiger partial charge on any atom is 0.0955 e. The zero-order chi connectivity index (χ0) is 17.5. The predicted molar refractivity (Wildman–Crippen MR) is 114 cm³/mol. The van der Waals surface area contributed by atoms with E-state index in [2.05, 4.69) is 83.3 Å². The van der Waals surface area contributed by atoms with Crippen LogP contribution in [-0.2, 0) is 0 Å². The lowest BCUT2D eigenvalue weighted by atomic mass is 9.99. The van der Waals surface area contributed by atoms with Crippen LogP contribution in [0.5, 0.6) is 0 Å². The standard InChI is InChI=1S/C25H14N2/c1-2-6-16-14-21-20(13-15(16)5-1)23-10-9-22-18-8-4-3-7-17(18)19-11-12-26-24(21)25(19)27(22)23/h1-14H. The van der Waals surface area contributed by atoms with Gasteiger partial charge in [-0.3, -0.25) is 4.98 Å². The SMILES string of the molecule is c1ccc2cc3c(cc2c1)c1nccc2c4ccccc4c4ccc3n4c21. The molecule has 0 unspecified atom stereocenters. The van der Waals surface area contributed by atoms with Crippen molar-refractivity contribution in [3.05, 3.63) is 85.1 Å². The van der Waals surface area contributed by atoms with Crippen molar-refractivity contribution in [1.29, 1.82) is 0 Å². The van der Waals surface area contributed by atoms with Crippen LogP contribution in [0, 0.1) is 0 Å².